The molecule has 0 radical (unpaired) electrons. The van der Waals surface area contributed by atoms with Crippen LogP contribution in [0.4, 0.5) is 4.79 Å². The number of phenols is 1. The van der Waals surface area contributed by atoms with Crippen LogP contribution in [0, 0.1) is 5.92 Å². The zero-order valence-electron chi connectivity index (χ0n) is 28.6. The first kappa shape index (κ1) is 37.1. The molecule has 10 nitrogen and oxygen atoms in total. The number of amides is 3. The Morgan fingerprint density at radius 2 is 1.31 bits per heavy atom. The second-order valence-electron chi connectivity index (χ2n) is 14.5. The van der Waals surface area contributed by atoms with E-state index < -0.39 is 64.7 Å². The van der Waals surface area contributed by atoms with Crippen molar-refractivity contribution in [1.29, 1.82) is 0 Å². The van der Waals surface area contributed by atoms with E-state index in [0.717, 1.165) is 5.56 Å². The number of carbonyl (C=O) groups is 4. The third-order valence-corrected chi connectivity index (χ3v) is 6.59. The van der Waals surface area contributed by atoms with Gasteiger partial charge in [-0.2, -0.15) is 0 Å². The summed E-state index contributed by atoms with van der Waals surface area (Å²) in [5.41, 5.74) is -1.67. The van der Waals surface area contributed by atoms with Gasteiger partial charge < -0.3 is 30.1 Å². The fraction of sp³-hybridized carbons (Fsp3) is 0.543. The van der Waals surface area contributed by atoms with Crippen LogP contribution in [0.5, 0.6) is 5.75 Å². The number of rotatable bonds is 10. The smallest absolute Gasteiger partial charge is 0.408 e. The molecule has 2 aromatic carbocycles. The van der Waals surface area contributed by atoms with Crippen molar-refractivity contribution in [3.63, 3.8) is 0 Å². The van der Waals surface area contributed by atoms with E-state index in [9.17, 15) is 24.3 Å². The maximum atomic E-state index is 14.5. The Morgan fingerprint density at radius 1 is 0.778 bits per heavy atom. The summed E-state index contributed by atoms with van der Waals surface area (Å²) in [4.78, 5) is 56.5. The third-order valence-electron chi connectivity index (χ3n) is 6.59. The standard InChI is InChI=1S/C35H51N3O7/c1-22(2)27(37-32(43)45-35(9,10)11)30(41)38(33(3,4)5)28(24-19-15-16-20-26(24)39)29(40)36-25(31(42)44-34(6,7)8)21-23-17-13-12-14-18-23/h12-20,22,25,27-28,39H,21H2,1-11H3,(H,36,40)(H,37,43). The first-order valence-electron chi connectivity index (χ1n) is 15.3. The van der Waals surface area contributed by atoms with Crippen LogP contribution in [0.3, 0.4) is 0 Å². The lowest BCUT2D eigenvalue weighted by Gasteiger charge is -2.44. The molecule has 0 saturated heterocycles. The summed E-state index contributed by atoms with van der Waals surface area (Å²) in [6.45, 7) is 19.2. The number of esters is 1. The minimum absolute atomic E-state index is 0.132. The largest absolute Gasteiger partial charge is 0.508 e. The van der Waals surface area contributed by atoms with Crippen molar-refractivity contribution in [3.8, 4) is 5.75 Å². The SMILES string of the molecule is CC(C)C(NC(=O)OC(C)(C)C)C(=O)N(C(C(=O)NC(Cc1ccccc1)C(=O)OC(C)(C)C)c1ccccc1O)C(C)(C)C. The van der Waals surface area contributed by atoms with Crippen LogP contribution in [0.1, 0.15) is 93.3 Å². The van der Waals surface area contributed by atoms with Crippen molar-refractivity contribution < 1.29 is 33.8 Å². The number of para-hydroxylation sites is 1. The highest BCUT2D eigenvalue weighted by Gasteiger charge is 2.44. The molecule has 10 heteroatoms. The molecule has 0 aliphatic carbocycles. The van der Waals surface area contributed by atoms with Crippen molar-refractivity contribution in [2.75, 3.05) is 0 Å². The van der Waals surface area contributed by atoms with Gasteiger partial charge in [0, 0.05) is 17.5 Å². The Hall–Kier alpha value is -4.08. The number of phenolic OH excluding ortho intramolecular Hbond substituents is 1. The summed E-state index contributed by atoms with van der Waals surface area (Å²) in [5, 5.41) is 16.5. The number of nitrogens with one attached hydrogen (secondary N) is 2. The average molecular weight is 626 g/mol. The number of alkyl carbamates (subject to hydrolysis) is 1. The summed E-state index contributed by atoms with van der Waals surface area (Å²) < 4.78 is 11.1. The maximum Gasteiger partial charge on any atom is 0.408 e. The lowest BCUT2D eigenvalue weighted by Crippen LogP contribution is -2.60. The predicted octanol–water partition coefficient (Wildman–Crippen LogP) is 5.68. The molecule has 0 saturated carbocycles. The van der Waals surface area contributed by atoms with Crippen LogP contribution in [0.15, 0.2) is 54.6 Å². The first-order chi connectivity index (χ1) is 20.6. The highest BCUT2D eigenvalue weighted by Crippen LogP contribution is 2.35. The number of benzene rings is 2. The van der Waals surface area contributed by atoms with E-state index in [0.29, 0.717) is 0 Å². The van der Waals surface area contributed by atoms with Gasteiger partial charge in [-0.05, 0) is 79.9 Å². The Bertz CT molecular complexity index is 1320. The van der Waals surface area contributed by atoms with Gasteiger partial charge in [0.2, 0.25) is 11.8 Å². The van der Waals surface area contributed by atoms with Crippen molar-refractivity contribution in [2.24, 2.45) is 5.92 Å². The van der Waals surface area contributed by atoms with Gasteiger partial charge in [0.05, 0.1) is 0 Å². The molecule has 45 heavy (non-hydrogen) atoms. The van der Waals surface area contributed by atoms with E-state index in [2.05, 4.69) is 10.6 Å². The molecule has 3 N–H and O–H groups in total. The molecule has 0 fully saturated rings. The number of hydrogen-bond acceptors (Lipinski definition) is 7. The molecule has 0 aliphatic rings. The molecular formula is C35H51N3O7. The summed E-state index contributed by atoms with van der Waals surface area (Å²) in [6, 6.07) is 11.8. The maximum absolute atomic E-state index is 14.5. The molecule has 0 aromatic heterocycles. The van der Waals surface area contributed by atoms with Crippen molar-refractivity contribution >= 4 is 23.9 Å². The highest BCUT2D eigenvalue weighted by atomic mass is 16.6. The number of ether oxygens (including phenoxy) is 2. The van der Waals surface area contributed by atoms with Crippen LogP contribution < -0.4 is 10.6 Å². The lowest BCUT2D eigenvalue weighted by atomic mass is 9.92. The summed E-state index contributed by atoms with van der Waals surface area (Å²) in [5.74, 6) is -2.51. The van der Waals surface area contributed by atoms with Crippen molar-refractivity contribution in [1.82, 2.24) is 15.5 Å². The van der Waals surface area contributed by atoms with Gasteiger partial charge in [-0.15, -0.1) is 0 Å². The van der Waals surface area contributed by atoms with Crippen LogP contribution in [0.25, 0.3) is 0 Å². The Morgan fingerprint density at radius 3 is 1.80 bits per heavy atom. The van der Waals surface area contributed by atoms with Gasteiger partial charge in [0.15, 0.2) is 0 Å². The molecule has 3 unspecified atom stereocenters. The summed E-state index contributed by atoms with van der Waals surface area (Å²) in [7, 11) is 0. The summed E-state index contributed by atoms with van der Waals surface area (Å²) in [6.07, 6.45) is -0.646. The van der Waals surface area contributed by atoms with E-state index in [-0.39, 0.29) is 17.7 Å². The normalized spacial score (nSPS) is 14.1. The van der Waals surface area contributed by atoms with Gasteiger partial charge >= 0.3 is 12.1 Å². The molecule has 248 valence electrons. The minimum atomic E-state index is -1.39. The fourth-order valence-electron chi connectivity index (χ4n) is 4.73. The molecule has 3 atom stereocenters. The third kappa shape index (κ3) is 11.4. The van der Waals surface area contributed by atoms with Gasteiger partial charge in [0.25, 0.3) is 0 Å². The topological polar surface area (TPSA) is 134 Å². The van der Waals surface area contributed by atoms with E-state index in [1.165, 1.54) is 11.0 Å². The Kier molecular flexibility index (Phi) is 12.2. The van der Waals surface area contributed by atoms with Crippen molar-refractivity contribution in [3.05, 3.63) is 65.7 Å². The molecule has 2 aromatic rings. The zero-order chi connectivity index (χ0) is 34.3. The summed E-state index contributed by atoms with van der Waals surface area (Å²) >= 11 is 0. The monoisotopic (exact) mass is 625 g/mol. The molecular weight excluding hydrogens is 574 g/mol. The van der Waals surface area contributed by atoms with Gasteiger partial charge in [-0.1, -0.05) is 62.4 Å². The molecule has 3 amide bonds. The fourth-order valence-corrected chi connectivity index (χ4v) is 4.73. The second kappa shape index (κ2) is 14.8. The van der Waals surface area contributed by atoms with E-state index in [1.54, 1.807) is 94.4 Å². The zero-order valence-corrected chi connectivity index (χ0v) is 28.6. The minimum Gasteiger partial charge on any atom is -0.508 e. The Labute approximate surface area is 267 Å². The Balaban J connectivity index is 2.65. The quantitative estimate of drug-likeness (QED) is 0.289. The average Bonchev–Trinajstić information content (AvgIpc) is 2.88. The molecule has 0 aliphatic heterocycles. The van der Waals surface area contributed by atoms with Crippen LogP contribution >= 0.6 is 0 Å². The first-order valence-corrected chi connectivity index (χ1v) is 15.3. The van der Waals surface area contributed by atoms with E-state index in [4.69, 9.17) is 9.47 Å². The number of nitrogens with zero attached hydrogens (tertiary/aromatic N) is 1. The van der Waals surface area contributed by atoms with Crippen LogP contribution in [-0.2, 0) is 30.3 Å². The van der Waals surface area contributed by atoms with Crippen LogP contribution in [-0.4, -0.2) is 62.7 Å². The van der Waals surface area contributed by atoms with E-state index in [1.807, 2.05) is 30.3 Å². The molecule has 0 heterocycles. The lowest BCUT2D eigenvalue weighted by molar-refractivity contribution is -0.159. The van der Waals surface area contributed by atoms with Crippen LogP contribution in [0.2, 0.25) is 0 Å². The molecule has 0 spiro atoms. The van der Waals surface area contributed by atoms with E-state index >= 15 is 0 Å². The van der Waals surface area contributed by atoms with Crippen molar-refractivity contribution in [2.45, 2.75) is 117 Å². The van der Waals surface area contributed by atoms with Gasteiger partial charge in [0.1, 0.15) is 35.1 Å². The second-order valence-corrected chi connectivity index (χ2v) is 14.5. The predicted molar refractivity (Wildman–Crippen MR) is 173 cm³/mol. The van der Waals surface area contributed by atoms with Gasteiger partial charge in [-0.25, -0.2) is 9.59 Å². The van der Waals surface area contributed by atoms with Gasteiger partial charge in [-0.3, -0.25) is 9.59 Å². The highest BCUT2D eigenvalue weighted by molar-refractivity contribution is 5.94. The number of hydrogen-bond donors (Lipinski definition) is 3. The molecule has 0 bridgehead atoms. The molecule has 2 rings (SSSR count). The number of aromatic hydroxyl groups is 1. The number of carbonyl (C=O) groups excluding carboxylic acids is 4.